The highest BCUT2D eigenvalue weighted by molar-refractivity contribution is 7.11. The fourth-order valence-corrected chi connectivity index (χ4v) is 3.05. The Labute approximate surface area is 107 Å². The minimum absolute atomic E-state index is 0.208. The molecule has 96 valence electrons. The smallest absolute Gasteiger partial charge is 0.303 e. The number of aliphatic carboxylic acids is 1. The molecular weight excluding hydrogens is 234 g/mol. The van der Waals surface area contributed by atoms with E-state index in [-0.39, 0.29) is 6.42 Å². The Hall–Kier alpha value is -0.900. The van der Waals surface area contributed by atoms with E-state index >= 15 is 0 Å². The van der Waals surface area contributed by atoms with E-state index in [4.69, 9.17) is 5.11 Å². The van der Waals surface area contributed by atoms with Gasteiger partial charge in [-0.15, -0.1) is 11.3 Å². The van der Waals surface area contributed by atoms with Gasteiger partial charge in [0.25, 0.3) is 0 Å². The van der Waals surface area contributed by atoms with Crippen LogP contribution in [0.3, 0.4) is 0 Å². The second-order valence-corrected chi connectivity index (χ2v) is 5.89. The van der Waals surface area contributed by atoms with Crippen LogP contribution in [-0.4, -0.2) is 16.1 Å². The molecule has 0 aromatic carbocycles. The van der Waals surface area contributed by atoms with Gasteiger partial charge in [-0.2, -0.15) is 0 Å². The number of carboxylic acid groups (broad SMARTS) is 1. The number of hydrogen-bond acceptors (Lipinski definition) is 3. The number of thiazole rings is 1. The molecule has 4 heteroatoms. The van der Waals surface area contributed by atoms with Gasteiger partial charge in [0.1, 0.15) is 0 Å². The summed E-state index contributed by atoms with van der Waals surface area (Å²) in [5.41, 5.74) is 1.12. The standard InChI is InChI=1S/C13H21NO2S/c1-4-5-10-11(6-7-13(15)16)17-12(14-10)8-9(2)3/h9H,4-8H2,1-3H3,(H,15,16). The summed E-state index contributed by atoms with van der Waals surface area (Å²) in [6.07, 6.45) is 3.85. The molecule has 0 aliphatic heterocycles. The van der Waals surface area contributed by atoms with Crippen molar-refractivity contribution >= 4 is 17.3 Å². The van der Waals surface area contributed by atoms with Crippen molar-refractivity contribution in [3.8, 4) is 0 Å². The predicted octanol–water partition coefficient (Wildman–Crippen LogP) is 3.31. The van der Waals surface area contributed by atoms with Crippen molar-refractivity contribution < 1.29 is 9.90 Å². The lowest BCUT2D eigenvalue weighted by Crippen LogP contribution is -1.98. The van der Waals surface area contributed by atoms with E-state index in [2.05, 4.69) is 25.8 Å². The summed E-state index contributed by atoms with van der Waals surface area (Å²) in [5.74, 6) is -0.130. The number of carboxylic acids is 1. The zero-order chi connectivity index (χ0) is 12.8. The molecule has 0 bridgehead atoms. The van der Waals surface area contributed by atoms with Gasteiger partial charge in [0.05, 0.1) is 17.1 Å². The van der Waals surface area contributed by atoms with Crippen molar-refractivity contribution in [2.75, 3.05) is 0 Å². The van der Waals surface area contributed by atoms with Crippen LogP contribution in [0.15, 0.2) is 0 Å². The van der Waals surface area contributed by atoms with Crippen molar-refractivity contribution in [3.63, 3.8) is 0 Å². The highest BCUT2D eigenvalue weighted by Crippen LogP contribution is 2.23. The molecule has 0 radical (unpaired) electrons. The molecule has 0 spiro atoms. The van der Waals surface area contributed by atoms with E-state index in [9.17, 15) is 4.79 Å². The topological polar surface area (TPSA) is 50.2 Å². The number of nitrogens with zero attached hydrogens (tertiary/aromatic N) is 1. The monoisotopic (exact) mass is 255 g/mol. The third-order valence-corrected chi connectivity index (χ3v) is 3.64. The normalized spacial score (nSPS) is 11.1. The van der Waals surface area contributed by atoms with Crippen LogP contribution in [0.2, 0.25) is 0 Å². The first-order chi connectivity index (χ1) is 8.02. The van der Waals surface area contributed by atoms with Gasteiger partial charge in [-0.25, -0.2) is 4.98 Å². The van der Waals surface area contributed by atoms with Crippen LogP contribution in [0.25, 0.3) is 0 Å². The molecule has 1 aromatic heterocycles. The lowest BCUT2D eigenvalue weighted by Gasteiger charge is -1.98. The Morgan fingerprint density at radius 3 is 2.65 bits per heavy atom. The molecule has 1 N–H and O–H groups in total. The van der Waals surface area contributed by atoms with Gasteiger partial charge in [-0.05, 0) is 18.8 Å². The van der Waals surface area contributed by atoms with Crippen LogP contribution >= 0.6 is 11.3 Å². The fourth-order valence-electron chi connectivity index (χ4n) is 1.72. The molecule has 0 aliphatic carbocycles. The largest absolute Gasteiger partial charge is 0.481 e. The summed E-state index contributed by atoms with van der Waals surface area (Å²) in [5, 5.41) is 9.89. The Kier molecular flexibility index (Phi) is 5.62. The number of aromatic nitrogens is 1. The molecule has 0 aliphatic rings. The number of hydrogen-bond donors (Lipinski definition) is 1. The molecule has 1 aromatic rings. The van der Waals surface area contributed by atoms with Crippen molar-refractivity contribution in [1.82, 2.24) is 4.98 Å². The van der Waals surface area contributed by atoms with Gasteiger partial charge in [-0.3, -0.25) is 4.79 Å². The molecule has 0 atom stereocenters. The average Bonchev–Trinajstić information content (AvgIpc) is 2.57. The first-order valence-corrected chi connectivity index (χ1v) is 7.03. The van der Waals surface area contributed by atoms with E-state index in [1.54, 1.807) is 11.3 Å². The van der Waals surface area contributed by atoms with Crippen molar-refractivity contribution in [3.05, 3.63) is 15.6 Å². The number of carbonyl (C=O) groups is 1. The molecule has 0 saturated carbocycles. The van der Waals surface area contributed by atoms with Crippen molar-refractivity contribution in [2.45, 2.75) is 52.9 Å². The summed E-state index contributed by atoms with van der Waals surface area (Å²) < 4.78 is 0. The first-order valence-electron chi connectivity index (χ1n) is 6.22. The Morgan fingerprint density at radius 2 is 2.12 bits per heavy atom. The van der Waals surface area contributed by atoms with Crippen LogP contribution < -0.4 is 0 Å². The average molecular weight is 255 g/mol. The number of rotatable bonds is 7. The second-order valence-electron chi connectivity index (χ2n) is 4.72. The van der Waals surface area contributed by atoms with E-state index in [0.717, 1.165) is 30.0 Å². The first kappa shape index (κ1) is 14.2. The van der Waals surface area contributed by atoms with Gasteiger partial charge in [0.15, 0.2) is 0 Å². The van der Waals surface area contributed by atoms with E-state index in [1.165, 1.54) is 4.88 Å². The quantitative estimate of drug-likeness (QED) is 0.813. The summed E-state index contributed by atoms with van der Waals surface area (Å²) >= 11 is 1.70. The van der Waals surface area contributed by atoms with Crippen molar-refractivity contribution in [2.24, 2.45) is 5.92 Å². The summed E-state index contributed by atoms with van der Waals surface area (Å²) in [7, 11) is 0. The van der Waals surface area contributed by atoms with Crippen LogP contribution in [0.1, 0.15) is 49.2 Å². The highest BCUT2D eigenvalue weighted by Gasteiger charge is 2.12. The van der Waals surface area contributed by atoms with Gasteiger partial charge >= 0.3 is 5.97 Å². The molecule has 0 unspecified atom stereocenters. The second kappa shape index (κ2) is 6.74. The minimum Gasteiger partial charge on any atom is -0.481 e. The third-order valence-electron chi connectivity index (χ3n) is 2.46. The molecule has 0 saturated heterocycles. The molecular formula is C13H21NO2S. The maximum absolute atomic E-state index is 10.6. The van der Waals surface area contributed by atoms with Crippen LogP contribution in [0.4, 0.5) is 0 Å². The van der Waals surface area contributed by atoms with Gasteiger partial charge in [0.2, 0.25) is 0 Å². The van der Waals surface area contributed by atoms with Crippen LogP contribution in [0.5, 0.6) is 0 Å². The Morgan fingerprint density at radius 1 is 1.41 bits per heavy atom. The lowest BCUT2D eigenvalue weighted by molar-refractivity contribution is -0.136. The van der Waals surface area contributed by atoms with Gasteiger partial charge in [-0.1, -0.05) is 27.2 Å². The van der Waals surface area contributed by atoms with Crippen LogP contribution in [0, 0.1) is 5.92 Å². The molecule has 0 fully saturated rings. The fraction of sp³-hybridized carbons (Fsp3) is 0.692. The SMILES string of the molecule is CCCc1nc(CC(C)C)sc1CCC(=O)O. The lowest BCUT2D eigenvalue weighted by atomic mass is 10.1. The molecule has 1 rings (SSSR count). The van der Waals surface area contributed by atoms with E-state index in [1.807, 2.05) is 0 Å². The molecule has 3 nitrogen and oxygen atoms in total. The molecule has 1 heterocycles. The summed E-state index contributed by atoms with van der Waals surface area (Å²) in [4.78, 5) is 16.4. The molecule has 17 heavy (non-hydrogen) atoms. The van der Waals surface area contributed by atoms with Gasteiger partial charge in [0, 0.05) is 11.3 Å². The predicted molar refractivity (Wildman–Crippen MR) is 70.6 cm³/mol. The zero-order valence-electron chi connectivity index (χ0n) is 10.8. The van der Waals surface area contributed by atoms with E-state index < -0.39 is 5.97 Å². The third kappa shape index (κ3) is 4.86. The van der Waals surface area contributed by atoms with Gasteiger partial charge < -0.3 is 5.11 Å². The van der Waals surface area contributed by atoms with Crippen molar-refractivity contribution in [1.29, 1.82) is 0 Å². The maximum atomic E-state index is 10.6. The Bertz CT molecular complexity index is 371. The van der Waals surface area contributed by atoms with Crippen LogP contribution in [-0.2, 0) is 24.1 Å². The zero-order valence-corrected chi connectivity index (χ0v) is 11.6. The number of aryl methyl sites for hydroxylation is 2. The summed E-state index contributed by atoms with van der Waals surface area (Å²) in [6.45, 7) is 6.48. The minimum atomic E-state index is -0.730. The van der Waals surface area contributed by atoms with E-state index in [0.29, 0.717) is 12.3 Å². The molecule has 0 amide bonds. The maximum Gasteiger partial charge on any atom is 0.303 e. The summed E-state index contributed by atoms with van der Waals surface area (Å²) in [6, 6.07) is 0. The Balaban J connectivity index is 2.76. The highest BCUT2D eigenvalue weighted by atomic mass is 32.1.